The zero-order valence-electron chi connectivity index (χ0n) is 16.5. The van der Waals surface area contributed by atoms with Crippen molar-refractivity contribution in [1.29, 1.82) is 0 Å². The van der Waals surface area contributed by atoms with Gasteiger partial charge in [-0.1, -0.05) is 26.0 Å². The molecule has 9 heteroatoms. The van der Waals surface area contributed by atoms with Crippen LogP contribution in [-0.2, 0) is 23.0 Å². The first kappa shape index (κ1) is 20.9. The van der Waals surface area contributed by atoms with E-state index in [9.17, 15) is 22.8 Å². The fourth-order valence-corrected chi connectivity index (χ4v) is 4.11. The third kappa shape index (κ3) is 4.46. The molecule has 1 amide bonds. The zero-order valence-corrected chi connectivity index (χ0v) is 17.3. The first-order valence-corrected chi connectivity index (χ1v) is 10.6. The molecule has 1 aromatic heterocycles. The lowest BCUT2D eigenvalue weighted by Crippen LogP contribution is -2.34. The number of aromatic amines is 1. The molecule has 1 heterocycles. The number of aromatic nitrogens is 1. The summed E-state index contributed by atoms with van der Waals surface area (Å²) in [5, 5.41) is 2.63. The van der Waals surface area contributed by atoms with Gasteiger partial charge in [-0.3, -0.25) is 14.4 Å². The second kappa shape index (κ2) is 7.57. The maximum atomic E-state index is 12.5. The molecule has 0 aliphatic heterocycles. The van der Waals surface area contributed by atoms with Gasteiger partial charge in [-0.2, -0.15) is 0 Å². The van der Waals surface area contributed by atoms with Crippen LogP contribution in [0.2, 0.25) is 0 Å². The van der Waals surface area contributed by atoms with E-state index in [1.165, 1.54) is 25.2 Å². The van der Waals surface area contributed by atoms with Gasteiger partial charge in [0.15, 0.2) is 5.78 Å². The van der Waals surface area contributed by atoms with Crippen molar-refractivity contribution < 1.29 is 18.0 Å². The Kier molecular flexibility index (Phi) is 5.46. The first-order chi connectivity index (χ1) is 13.5. The minimum atomic E-state index is -3.53. The van der Waals surface area contributed by atoms with E-state index in [4.69, 9.17) is 0 Å². The van der Waals surface area contributed by atoms with E-state index < -0.39 is 21.5 Å². The van der Waals surface area contributed by atoms with Crippen molar-refractivity contribution in [2.75, 3.05) is 7.05 Å². The Morgan fingerprint density at radius 2 is 1.79 bits per heavy atom. The molecule has 0 atom stereocenters. The number of hydrogen-bond acceptors (Lipinski definition) is 5. The van der Waals surface area contributed by atoms with Crippen LogP contribution >= 0.6 is 0 Å². The second-order valence-electron chi connectivity index (χ2n) is 7.88. The van der Waals surface area contributed by atoms with Crippen molar-refractivity contribution in [3.63, 3.8) is 0 Å². The molecular formula is C20H23N3O5S. The van der Waals surface area contributed by atoms with E-state index in [0.29, 0.717) is 29.7 Å². The Balaban J connectivity index is 1.76. The van der Waals surface area contributed by atoms with Crippen LogP contribution in [0.5, 0.6) is 0 Å². The molecule has 29 heavy (non-hydrogen) atoms. The largest absolute Gasteiger partial charge is 0.348 e. The predicted molar refractivity (Wildman–Crippen MR) is 107 cm³/mol. The van der Waals surface area contributed by atoms with Gasteiger partial charge < -0.3 is 10.3 Å². The molecule has 1 aliphatic rings. The molecule has 154 valence electrons. The van der Waals surface area contributed by atoms with Gasteiger partial charge in [0.1, 0.15) is 5.56 Å². The van der Waals surface area contributed by atoms with Gasteiger partial charge in [-0.05, 0) is 42.6 Å². The number of hydrogen-bond donors (Lipinski definition) is 3. The van der Waals surface area contributed by atoms with Crippen LogP contribution < -0.4 is 15.6 Å². The Bertz CT molecular complexity index is 1130. The van der Waals surface area contributed by atoms with Gasteiger partial charge in [0, 0.05) is 24.2 Å². The standard InChI is InChI=1S/C20H23N3O5S/c1-20(2)9-16-14(17(24)10-20)8-15(19(26)23-16)18(25)22-11-12-4-6-13(7-5-12)29(27,28)21-3/h4-8,21H,9-11H2,1-3H3,(H,22,25)(H,23,26). The van der Waals surface area contributed by atoms with Gasteiger partial charge in [0.05, 0.1) is 4.90 Å². The average Bonchev–Trinajstić information content (AvgIpc) is 2.65. The molecule has 1 aromatic carbocycles. The number of carbonyl (C=O) groups is 2. The number of H-pyrrole nitrogens is 1. The topological polar surface area (TPSA) is 125 Å². The monoisotopic (exact) mass is 417 g/mol. The molecule has 3 rings (SSSR count). The maximum absolute atomic E-state index is 12.5. The van der Waals surface area contributed by atoms with E-state index in [1.54, 1.807) is 12.1 Å². The Morgan fingerprint density at radius 3 is 2.41 bits per heavy atom. The lowest BCUT2D eigenvalue weighted by molar-refractivity contribution is 0.0910. The summed E-state index contributed by atoms with van der Waals surface area (Å²) in [5.41, 5.74) is 0.725. The smallest absolute Gasteiger partial charge is 0.261 e. The van der Waals surface area contributed by atoms with Crippen molar-refractivity contribution in [1.82, 2.24) is 15.0 Å². The van der Waals surface area contributed by atoms with Crippen LogP contribution in [0.15, 0.2) is 40.0 Å². The second-order valence-corrected chi connectivity index (χ2v) is 9.77. The summed E-state index contributed by atoms with van der Waals surface area (Å²) in [4.78, 5) is 40.0. The molecule has 0 spiro atoms. The number of pyridine rings is 1. The van der Waals surface area contributed by atoms with Crippen LogP contribution in [0, 0.1) is 5.41 Å². The number of carbonyl (C=O) groups excluding carboxylic acids is 2. The van der Waals surface area contributed by atoms with Gasteiger partial charge in [-0.25, -0.2) is 13.1 Å². The SMILES string of the molecule is CNS(=O)(=O)c1ccc(CNC(=O)c2cc3c([nH]c2=O)CC(C)(C)CC3=O)cc1. The van der Waals surface area contributed by atoms with Gasteiger partial charge in [0.2, 0.25) is 10.0 Å². The fourth-order valence-electron chi connectivity index (χ4n) is 3.38. The van der Waals surface area contributed by atoms with Gasteiger partial charge >= 0.3 is 0 Å². The average molecular weight is 417 g/mol. The van der Waals surface area contributed by atoms with Gasteiger partial charge in [0.25, 0.3) is 11.5 Å². The summed E-state index contributed by atoms with van der Waals surface area (Å²) < 4.78 is 25.7. The number of nitrogens with one attached hydrogen (secondary N) is 3. The fraction of sp³-hybridized carbons (Fsp3) is 0.350. The number of sulfonamides is 1. The summed E-state index contributed by atoms with van der Waals surface area (Å²) in [6.45, 7) is 4.02. The van der Waals surface area contributed by atoms with E-state index in [0.717, 1.165) is 0 Å². The van der Waals surface area contributed by atoms with Crippen LogP contribution in [0.25, 0.3) is 0 Å². The third-order valence-electron chi connectivity index (χ3n) is 4.92. The van der Waals surface area contributed by atoms with Crippen LogP contribution in [-0.4, -0.2) is 32.1 Å². The van der Waals surface area contributed by atoms with Crippen molar-refractivity contribution in [3.05, 3.63) is 63.1 Å². The maximum Gasteiger partial charge on any atom is 0.261 e. The highest BCUT2D eigenvalue weighted by atomic mass is 32.2. The molecule has 0 saturated heterocycles. The summed E-state index contributed by atoms with van der Waals surface area (Å²) in [5.74, 6) is -0.693. The number of benzene rings is 1. The first-order valence-electron chi connectivity index (χ1n) is 9.12. The molecular weight excluding hydrogens is 394 g/mol. The van der Waals surface area contributed by atoms with Crippen molar-refractivity contribution in [3.8, 4) is 0 Å². The molecule has 1 aliphatic carbocycles. The normalized spacial score (nSPS) is 15.6. The Morgan fingerprint density at radius 1 is 1.14 bits per heavy atom. The third-order valence-corrected chi connectivity index (χ3v) is 6.35. The van der Waals surface area contributed by atoms with Crippen molar-refractivity contribution >= 4 is 21.7 Å². The van der Waals surface area contributed by atoms with Gasteiger partial charge in [-0.15, -0.1) is 0 Å². The Hall–Kier alpha value is -2.78. The molecule has 2 aromatic rings. The molecule has 0 unspecified atom stereocenters. The number of ketones is 1. The number of fused-ring (bicyclic) bond motifs is 1. The number of Topliss-reactive ketones (excluding diaryl/α,β-unsaturated/α-hetero) is 1. The summed E-state index contributed by atoms with van der Waals surface area (Å²) in [6, 6.07) is 7.38. The van der Waals surface area contributed by atoms with E-state index >= 15 is 0 Å². The number of rotatable bonds is 5. The highest BCUT2D eigenvalue weighted by Gasteiger charge is 2.32. The molecule has 0 saturated carbocycles. The number of amides is 1. The van der Waals surface area contributed by atoms with E-state index in [-0.39, 0.29) is 28.2 Å². The van der Waals surface area contributed by atoms with Crippen LogP contribution in [0.1, 0.15) is 52.2 Å². The molecule has 0 bridgehead atoms. The molecule has 0 fully saturated rings. The summed E-state index contributed by atoms with van der Waals surface area (Å²) in [6.07, 6.45) is 0.919. The quantitative estimate of drug-likeness (QED) is 0.678. The van der Waals surface area contributed by atoms with Crippen LogP contribution in [0.3, 0.4) is 0 Å². The predicted octanol–water partition coefficient (Wildman–Crippen LogP) is 1.37. The van der Waals surface area contributed by atoms with Crippen molar-refractivity contribution in [2.45, 2.75) is 38.1 Å². The molecule has 8 nitrogen and oxygen atoms in total. The van der Waals surface area contributed by atoms with Crippen LogP contribution in [0.4, 0.5) is 0 Å². The summed E-state index contributed by atoms with van der Waals surface area (Å²) in [7, 11) is -2.21. The van der Waals surface area contributed by atoms with E-state index in [1.807, 2.05) is 13.8 Å². The highest BCUT2D eigenvalue weighted by Crippen LogP contribution is 2.33. The van der Waals surface area contributed by atoms with E-state index in [2.05, 4.69) is 15.0 Å². The Labute approximate surface area is 168 Å². The minimum Gasteiger partial charge on any atom is -0.348 e. The lowest BCUT2D eigenvalue weighted by atomic mass is 9.75. The molecule has 0 radical (unpaired) electrons. The van der Waals surface area contributed by atoms with Crippen molar-refractivity contribution in [2.24, 2.45) is 5.41 Å². The lowest BCUT2D eigenvalue weighted by Gasteiger charge is -2.29. The molecule has 3 N–H and O–H groups in total. The minimum absolute atomic E-state index is 0.0946. The summed E-state index contributed by atoms with van der Waals surface area (Å²) >= 11 is 0. The highest BCUT2D eigenvalue weighted by molar-refractivity contribution is 7.89. The zero-order chi connectivity index (χ0) is 21.4.